The van der Waals surface area contributed by atoms with E-state index < -0.39 is 4.92 Å². The van der Waals surface area contributed by atoms with Crippen molar-refractivity contribution in [2.24, 2.45) is 0 Å². The zero-order valence-corrected chi connectivity index (χ0v) is 13.8. The van der Waals surface area contributed by atoms with Gasteiger partial charge < -0.3 is 4.74 Å². The first-order chi connectivity index (χ1) is 9.51. The molecule has 0 heterocycles. The van der Waals surface area contributed by atoms with Gasteiger partial charge in [-0.25, -0.2) is 0 Å². The average Bonchev–Trinajstić information content (AvgIpc) is 2.38. The summed E-state index contributed by atoms with van der Waals surface area (Å²) in [5.74, 6) is 1.25. The number of nitro groups is 1. The lowest BCUT2D eigenvalue weighted by atomic mass is 10.2. The van der Waals surface area contributed by atoms with Gasteiger partial charge in [0.15, 0.2) is 0 Å². The van der Waals surface area contributed by atoms with Gasteiger partial charge in [0.2, 0.25) is 0 Å². The van der Waals surface area contributed by atoms with Gasteiger partial charge in [0, 0.05) is 21.4 Å². The largest absolute Gasteiger partial charge is 0.457 e. The minimum Gasteiger partial charge on any atom is -0.457 e. The number of benzene rings is 2. The summed E-state index contributed by atoms with van der Waals surface area (Å²) in [5, 5.41) is 11.5. The van der Waals surface area contributed by atoms with Crippen LogP contribution in [0.4, 0.5) is 5.69 Å². The summed E-state index contributed by atoms with van der Waals surface area (Å²) < 4.78 is 6.66. The molecule has 0 saturated heterocycles. The van der Waals surface area contributed by atoms with Crippen LogP contribution in [0.25, 0.3) is 0 Å². The van der Waals surface area contributed by atoms with E-state index in [9.17, 15) is 10.1 Å². The molecule has 0 unspecified atom stereocenters. The third kappa shape index (κ3) is 3.37. The zero-order valence-electron chi connectivity index (χ0n) is 10.6. The van der Waals surface area contributed by atoms with Crippen LogP contribution in [-0.2, 0) is 5.33 Å². The average molecular weight is 401 g/mol. The van der Waals surface area contributed by atoms with Crippen LogP contribution in [-0.4, -0.2) is 4.92 Å². The molecule has 2 rings (SSSR count). The Kier molecular flexibility index (Phi) is 4.77. The van der Waals surface area contributed by atoms with E-state index in [1.807, 2.05) is 18.2 Å². The third-order valence-corrected chi connectivity index (χ3v) is 4.11. The van der Waals surface area contributed by atoms with Gasteiger partial charge in [-0.05, 0) is 36.8 Å². The van der Waals surface area contributed by atoms with E-state index in [-0.39, 0.29) is 5.69 Å². The number of hydrogen-bond acceptors (Lipinski definition) is 3. The lowest BCUT2D eigenvalue weighted by Crippen LogP contribution is -1.92. The van der Waals surface area contributed by atoms with Gasteiger partial charge in [0.25, 0.3) is 5.69 Å². The van der Waals surface area contributed by atoms with Crippen molar-refractivity contribution in [3.63, 3.8) is 0 Å². The monoisotopic (exact) mass is 399 g/mol. The van der Waals surface area contributed by atoms with Crippen LogP contribution in [0.15, 0.2) is 40.9 Å². The summed E-state index contributed by atoms with van der Waals surface area (Å²) in [7, 11) is 0. The lowest BCUT2D eigenvalue weighted by Gasteiger charge is -2.08. The van der Waals surface area contributed by atoms with E-state index in [0.29, 0.717) is 17.1 Å². The van der Waals surface area contributed by atoms with Crippen LogP contribution in [0.3, 0.4) is 0 Å². The molecule has 0 radical (unpaired) electrons. The van der Waals surface area contributed by atoms with Crippen molar-refractivity contribution in [1.29, 1.82) is 0 Å². The highest BCUT2D eigenvalue weighted by Gasteiger charge is 2.11. The number of halogens is 2. The summed E-state index contributed by atoms with van der Waals surface area (Å²) in [5.41, 5.74) is 1.79. The Morgan fingerprint density at radius 3 is 2.40 bits per heavy atom. The number of alkyl halides is 1. The molecule has 0 aliphatic carbocycles. The van der Waals surface area contributed by atoms with Crippen molar-refractivity contribution in [2.45, 2.75) is 12.3 Å². The highest BCUT2D eigenvalue weighted by molar-refractivity contribution is 9.10. The maximum absolute atomic E-state index is 10.8. The molecule has 0 bridgehead atoms. The molecule has 6 heteroatoms. The van der Waals surface area contributed by atoms with Gasteiger partial charge in [-0.2, -0.15) is 0 Å². The van der Waals surface area contributed by atoms with Crippen LogP contribution >= 0.6 is 31.9 Å². The maximum atomic E-state index is 10.8. The van der Waals surface area contributed by atoms with Crippen molar-refractivity contribution in [3.8, 4) is 11.5 Å². The number of rotatable bonds is 4. The van der Waals surface area contributed by atoms with Gasteiger partial charge in [-0.3, -0.25) is 10.1 Å². The Hall–Kier alpha value is -1.40. The summed E-state index contributed by atoms with van der Waals surface area (Å²) >= 11 is 6.86. The highest BCUT2D eigenvalue weighted by Crippen LogP contribution is 2.30. The Bertz CT molecular complexity index is 659. The predicted octanol–water partition coefficient (Wildman–Crippen LogP) is 5.35. The fourth-order valence-corrected chi connectivity index (χ4v) is 3.10. The smallest absolute Gasteiger partial charge is 0.272 e. The van der Waals surface area contributed by atoms with Crippen LogP contribution < -0.4 is 4.74 Å². The number of aryl methyl sites for hydroxylation is 1. The SMILES string of the molecule is Cc1cc(Oc2ccc(CBr)c(Br)c2)ccc1[N+](=O)[O-]. The van der Waals surface area contributed by atoms with E-state index in [2.05, 4.69) is 31.9 Å². The number of nitrogens with zero attached hydrogens (tertiary/aromatic N) is 1. The minimum atomic E-state index is -0.402. The Morgan fingerprint density at radius 1 is 1.20 bits per heavy atom. The van der Waals surface area contributed by atoms with E-state index >= 15 is 0 Å². The molecule has 0 saturated carbocycles. The van der Waals surface area contributed by atoms with Gasteiger partial charge in [-0.1, -0.05) is 37.9 Å². The van der Waals surface area contributed by atoms with Crippen molar-refractivity contribution < 1.29 is 9.66 Å². The van der Waals surface area contributed by atoms with Gasteiger partial charge >= 0.3 is 0 Å². The molecule has 0 aromatic heterocycles. The van der Waals surface area contributed by atoms with E-state index in [4.69, 9.17) is 4.74 Å². The molecular weight excluding hydrogens is 390 g/mol. The predicted molar refractivity (Wildman–Crippen MR) is 84.7 cm³/mol. The first kappa shape index (κ1) is 15.0. The molecule has 0 aliphatic rings. The molecule has 2 aromatic carbocycles. The molecule has 20 heavy (non-hydrogen) atoms. The highest BCUT2D eigenvalue weighted by atomic mass is 79.9. The maximum Gasteiger partial charge on any atom is 0.272 e. The Balaban J connectivity index is 2.24. The normalized spacial score (nSPS) is 10.3. The Labute approximate surface area is 133 Å². The number of nitro benzene ring substituents is 1. The fraction of sp³-hybridized carbons (Fsp3) is 0.143. The molecular formula is C14H11Br2NO3. The third-order valence-electron chi connectivity index (χ3n) is 2.77. The molecule has 0 fully saturated rings. The second-order valence-electron chi connectivity index (χ2n) is 4.19. The van der Waals surface area contributed by atoms with Crippen molar-refractivity contribution >= 4 is 37.5 Å². The molecule has 0 amide bonds. The van der Waals surface area contributed by atoms with Crippen LogP contribution in [0, 0.1) is 17.0 Å². The molecule has 4 nitrogen and oxygen atoms in total. The van der Waals surface area contributed by atoms with Crippen molar-refractivity contribution in [2.75, 3.05) is 0 Å². The summed E-state index contributed by atoms with van der Waals surface area (Å²) in [6.45, 7) is 1.69. The van der Waals surface area contributed by atoms with Crippen LogP contribution in [0.2, 0.25) is 0 Å². The summed E-state index contributed by atoms with van der Waals surface area (Å²) in [4.78, 5) is 10.4. The van der Waals surface area contributed by atoms with Crippen LogP contribution in [0.5, 0.6) is 11.5 Å². The molecule has 2 aromatic rings. The number of ether oxygens (including phenoxy) is 1. The van der Waals surface area contributed by atoms with Crippen LogP contribution in [0.1, 0.15) is 11.1 Å². The molecule has 0 aliphatic heterocycles. The standard InChI is InChI=1S/C14H11Br2NO3/c1-9-6-11(4-5-14(9)17(18)19)20-12-3-2-10(8-15)13(16)7-12/h2-7H,8H2,1H3. The van der Waals surface area contributed by atoms with E-state index in [1.165, 1.54) is 6.07 Å². The second-order valence-corrected chi connectivity index (χ2v) is 5.61. The first-order valence-electron chi connectivity index (χ1n) is 5.78. The fourth-order valence-electron chi connectivity index (χ4n) is 1.73. The second kappa shape index (κ2) is 6.37. The van der Waals surface area contributed by atoms with Crippen molar-refractivity contribution in [3.05, 3.63) is 62.1 Å². The molecule has 104 valence electrons. The van der Waals surface area contributed by atoms with Crippen molar-refractivity contribution in [1.82, 2.24) is 0 Å². The number of hydrogen-bond donors (Lipinski definition) is 0. The van der Waals surface area contributed by atoms with Gasteiger partial charge in [0.1, 0.15) is 11.5 Å². The molecule has 0 N–H and O–H groups in total. The van der Waals surface area contributed by atoms with E-state index in [0.717, 1.165) is 15.4 Å². The van der Waals surface area contributed by atoms with Gasteiger partial charge in [-0.15, -0.1) is 0 Å². The summed E-state index contributed by atoms with van der Waals surface area (Å²) in [6, 6.07) is 10.4. The first-order valence-corrected chi connectivity index (χ1v) is 7.70. The molecule has 0 spiro atoms. The molecule has 0 atom stereocenters. The topological polar surface area (TPSA) is 52.4 Å². The van der Waals surface area contributed by atoms with E-state index in [1.54, 1.807) is 19.1 Å². The van der Waals surface area contributed by atoms with Gasteiger partial charge in [0.05, 0.1) is 4.92 Å². The summed E-state index contributed by atoms with van der Waals surface area (Å²) in [6.07, 6.45) is 0. The lowest BCUT2D eigenvalue weighted by molar-refractivity contribution is -0.385. The zero-order chi connectivity index (χ0) is 14.7. The Morgan fingerprint density at radius 2 is 1.85 bits per heavy atom. The quantitative estimate of drug-likeness (QED) is 0.394. The minimum absolute atomic E-state index is 0.0909.